The van der Waals surface area contributed by atoms with Gasteiger partial charge >= 0.3 is 0 Å². The lowest BCUT2D eigenvalue weighted by Gasteiger charge is -2.36. The number of carbonyl (C=O) groups is 1. The lowest BCUT2D eigenvalue weighted by atomic mass is 9.76. The molecule has 3 rings (SSSR count). The molecule has 17 heavy (non-hydrogen) atoms. The highest BCUT2D eigenvalue weighted by Gasteiger charge is 2.60. The second-order valence-corrected chi connectivity index (χ2v) is 5.47. The van der Waals surface area contributed by atoms with E-state index >= 15 is 0 Å². The minimum Gasteiger partial charge on any atom is -0.350 e. The van der Waals surface area contributed by atoms with Gasteiger partial charge in [-0.05, 0) is 38.5 Å². The molecule has 1 atom stereocenters. The van der Waals surface area contributed by atoms with Gasteiger partial charge in [0.1, 0.15) is 0 Å². The van der Waals surface area contributed by atoms with E-state index in [4.69, 9.17) is 10.3 Å². The lowest BCUT2D eigenvalue weighted by molar-refractivity contribution is 0.0835. The Labute approximate surface area is 99.7 Å². The molecule has 2 fully saturated rings. The van der Waals surface area contributed by atoms with Gasteiger partial charge in [0.15, 0.2) is 0 Å². The van der Waals surface area contributed by atoms with Crippen molar-refractivity contribution in [1.29, 1.82) is 0 Å². The molecule has 0 radical (unpaired) electrons. The maximum absolute atomic E-state index is 11.9. The number of rotatable bonds is 2. The number of nitrogens with one attached hydrogen (secondary N) is 1. The van der Waals surface area contributed by atoms with Gasteiger partial charge in [0.25, 0.3) is 5.91 Å². The van der Waals surface area contributed by atoms with Crippen LogP contribution >= 0.6 is 0 Å². The molecule has 0 aliphatic heterocycles. The zero-order chi connectivity index (χ0) is 12.2. The van der Waals surface area contributed by atoms with E-state index in [0.717, 1.165) is 30.5 Å². The van der Waals surface area contributed by atoms with E-state index in [-0.39, 0.29) is 11.9 Å². The Kier molecular flexibility index (Phi) is 2.10. The zero-order valence-corrected chi connectivity index (χ0v) is 10.1. The van der Waals surface area contributed by atoms with Crippen LogP contribution in [0, 0.1) is 19.3 Å². The summed E-state index contributed by atoms with van der Waals surface area (Å²) in [7, 11) is 0. The third-order valence-corrected chi connectivity index (χ3v) is 4.26. The van der Waals surface area contributed by atoms with E-state index in [9.17, 15) is 4.79 Å². The summed E-state index contributed by atoms with van der Waals surface area (Å²) < 4.78 is 5.03. The highest BCUT2D eigenvalue weighted by molar-refractivity contribution is 5.93. The van der Waals surface area contributed by atoms with Crippen LogP contribution in [-0.4, -0.2) is 23.1 Å². The van der Waals surface area contributed by atoms with Gasteiger partial charge in [0.05, 0.1) is 5.69 Å². The highest BCUT2D eigenvalue weighted by Crippen LogP contribution is 2.59. The van der Waals surface area contributed by atoms with Gasteiger partial charge < -0.3 is 15.6 Å². The van der Waals surface area contributed by atoms with Gasteiger partial charge in [-0.1, -0.05) is 5.16 Å². The average molecular weight is 235 g/mol. The molecule has 1 amide bonds. The average Bonchev–Trinajstić information content (AvgIpc) is 2.77. The van der Waals surface area contributed by atoms with Gasteiger partial charge in [-0.2, -0.15) is 0 Å². The first-order chi connectivity index (χ1) is 8.02. The quantitative estimate of drug-likeness (QED) is 0.798. The molecule has 92 valence electrons. The topological polar surface area (TPSA) is 81.2 Å². The fraction of sp³-hybridized carbons (Fsp3) is 0.667. The van der Waals surface area contributed by atoms with E-state index in [0.29, 0.717) is 17.2 Å². The molecule has 5 heteroatoms. The van der Waals surface area contributed by atoms with Crippen molar-refractivity contribution in [3.8, 4) is 0 Å². The zero-order valence-electron chi connectivity index (χ0n) is 10.1. The molecule has 1 spiro atoms. The van der Waals surface area contributed by atoms with Crippen LogP contribution in [0.3, 0.4) is 0 Å². The van der Waals surface area contributed by atoms with Gasteiger partial charge in [0.2, 0.25) is 5.76 Å². The summed E-state index contributed by atoms with van der Waals surface area (Å²) in [6.07, 6.45) is 3.12. The Morgan fingerprint density at radius 3 is 2.59 bits per heavy atom. The number of nitrogens with two attached hydrogens (primary N) is 1. The summed E-state index contributed by atoms with van der Waals surface area (Å²) in [6, 6.07) is 0.603. The Hall–Kier alpha value is -1.36. The van der Waals surface area contributed by atoms with Gasteiger partial charge in [-0.15, -0.1) is 0 Å². The van der Waals surface area contributed by atoms with Crippen LogP contribution in [0.5, 0.6) is 0 Å². The van der Waals surface area contributed by atoms with Gasteiger partial charge in [-0.3, -0.25) is 4.79 Å². The molecule has 2 aliphatic rings. The van der Waals surface area contributed by atoms with E-state index < -0.39 is 0 Å². The molecule has 1 heterocycles. The van der Waals surface area contributed by atoms with E-state index in [1.165, 1.54) is 0 Å². The number of carbonyl (C=O) groups excluding carboxylic acids is 1. The molecule has 0 bridgehead atoms. The van der Waals surface area contributed by atoms with Crippen LogP contribution < -0.4 is 11.1 Å². The molecule has 2 saturated carbocycles. The summed E-state index contributed by atoms with van der Waals surface area (Å²) in [5.74, 6) is 0.181. The Morgan fingerprint density at radius 2 is 2.12 bits per heavy atom. The smallest absolute Gasteiger partial charge is 0.290 e. The summed E-state index contributed by atoms with van der Waals surface area (Å²) in [5, 5.41) is 6.76. The molecular weight excluding hydrogens is 218 g/mol. The first-order valence-electron chi connectivity index (χ1n) is 6.01. The van der Waals surface area contributed by atoms with Crippen molar-refractivity contribution >= 4 is 5.91 Å². The van der Waals surface area contributed by atoms with Crippen molar-refractivity contribution < 1.29 is 9.32 Å². The van der Waals surface area contributed by atoms with Crippen LogP contribution in [0.2, 0.25) is 0 Å². The third kappa shape index (κ3) is 1.57. The minimum atomic E-state index is -0.155. The monoisotopic (exact) mass is 235 g/mol. The van der Waals surface area contributed by atoms with Gasteiger partial charge in [-0.25, -0.2) is 0 Å². The number of aromatic nitrogens is 1. The fourth-order valence-corrected chi connectivity index (χ4v) is 2.75. The van der Waals surface area contributed by atoms with Crippen molar-refractivity contribution in [3.05, 3.63) is 17.0 Å². The van der Waals surface area contributed by atoms with Crippen molar-refractivity contribution in [3.63, 3.8) is 0 Å². The number of nitrogens with zero attached hydrogens (tertiary/aromatic N) is 1. The van der Waals surface area contributed by atoms with Crippen LogP contribution in [0.1, 0.15) is 41.1 Å². The molecular formula is C12H17N3O2. The summed E-state index contributed by atoms with van der Waals surface area (Å²) in [5.41, 5.74) is 7.79. The fourth-order valence-electron chi connectivity index (χ4n) is 2.75. The van der Waals surface area contributed by atoms with Crippen molar-refractivity contribution in [2.24, 2.45) is 11.1 Å². The number of hydrogen-bond donors (Lipinski definition) is 2. The lowest BCUT2D eigenvalue weighted by Crippen LogP contribution is -2.47. The Morgan fingerprint density at radius 1 is 1.47 bits per heavy atom. The minimum absolute atomic E-state index is 0.155. The van der Waals surface area contributed by atoms with Gasteiger partial charge in [0, 0.05) is 17.6 Å². The van der Waals surface area contributed by atoms with Crippen LogP contribution in [0.15, 0.2) is 4.52 Å². The SMILES string of the molecule is Cc1noc(C(=O)NC2CC3(C2)CC3N)c1C. The Bertz CT molecular complexity index is 474. The van der Waals surface area contributed by atoms with Crippen molar-refractivity contribution in [1.82, 2.24) is 10.5 Å². The second-order valence-electron chi connectivity index (χ2n) is 5.47. The highest BCUT2D eigenvalue weighted by atomic mass is 16.5. The largest absolute Gasteiger partial charge is 0.350 e. The maximum atomic E-state index is 11.9. The summed E-state index contributed by atoms with van der Waals surface area (Å²) in [4.78, 5) is 11.9. The summed E-state index contributed by atoms with van der Waals surface area (Å²) >= 11 is 0. The standard InChI is InChI=1S/C12H17N3O2/c1-6-7(2)15-17-10(6)11(16)14-8-3-12(4-8)5-9(12)13/h8-9H,3-5,13H2,1-2H3,(H,14,16). The predicted octanol–water partition coefficient (Wildman–Crippen LogP) is 0.901. The van der Waals surface area contributed by atoms with Crippen molar-refractivity contribution in [2.45, 2.75) is 45.2 Å². The molecule has 0 saturated heterocycles. The Balaban J connectivity index is 1.60. The second kappa shape index (κ2) is 3.32. The normalized spacial score (nSPS) is 34.5. The number of aryl methyl sites for hydroxylation is 1. The van der Waals surface area contributed by atoms with E-state index in [2.05, 4.69) is 10.5 Å². The predicted molar refractivity (Wildman–Crippen MR) is 61.5 cm³/mol. The maximum Gasteiger partial charge on any atom is 0.290 e. The van der Waals surface area contributed by atoms with E-state index in [1.807, 2.05) is 13.8 Å². The van der Waals surface area contributed by atoms with Crippen LogP contribution in [-0.2, 0) is 0 Å². The van der Waals surface area contributed by atoms with Crippen LogP contribution in [0.4, 0.5) is 0 Å². The van der Waals surface area contributed by atoms with E-state index in [1.54, 1.807) is 0 Å². The van der Waals surface area contributed by atoms with Crippen LogP contribution in [0.25, 0.3) is 0 Å². The molecule has 2 aliphatic carbocycles. The summed E-state index contributed by atoms with van der Waals surface area (Å²) in [6.45, 7) is 3.68. The molecule has 1 aromatic heterocycles. The third-order valence-electron chi connectivity index (χ3n) is 4.26. The number of hydrogen-bond acceptors (Lipinski definition) is 4. The first-order valence-corrected chi connectivity index (χ1v) is 6.01. The van der Waals surface area contributed by atoms with Crippen molar-refractivity contribution in [2.75, 3.05) is 0 Å². The number of amides is 1. The molecule has 1 aromatic rings. The first kappa shape index (κ1) is 10.8. The molecule has 1 unspecified atom stereocenters. The molecule has 0 aromatic carbocycles. The molecule has 5 nitrogen and oxygen atoms in total. The molecule has 3 N–H and O–H groups in total.